The topological polar surface area (TPSA) is 0 Å². The maximum Gasteiger partial charge on any atom is -0.00992 e. The van der Waals surface area contributed by atoms with Gasteiger partial charge in [0.2, 0.25) is 0 Å². The van der Waals surface area contributed by atoms with Gasteiger partial charge in [-0.25, -0.2) is 0 Å². The SMILES string of the molecule is c1ccc(-c2ccc(-c3cc(-c4ccccc4)c4ccccc4c3)cc2)cc1. The molecule has 0 saturated carbocycles. The summed E-state index contributed by atoms with van der Waals surface area (Å²) in [4.78, 5) is 0. The van der Waals surface area contributed by atoms with Crippen LogP contribution >= 0.6 is 0 Å². The zero-order valence-electron chi connectivity index (χ0n) is 15.5. The highest BCUT2D eigenvalue weighted by atomic mass is 14.1. The van der Waals surface area contributed by atoms with Crippen LogP contribution in [0.25, 0.3) is 44.2 Å². The van der Waals surface area contributed by atoms with E-state index in [1.165, 1.54) is 44.2 Å². The van der Waals surface area contributed by atoms with Gasteiger partial charge >= 0.3 is 0 Å². The minimum atomic E-state index is 1.24. The molecule has 0 aliphatic rings. The monoisotopic (exact) mass is 356 g/mol. The van der Waals surface area contributed by atoms with Gasteiger partial charge in [0, 0.05) is 0 Å². The molecule has 0 heteroatoms. The Morgan fingerprint density at radius 3 is 1.50 bits per heavy atom. The molecule has 0 bridgehead atoms. The number of hydrogen-bond donors (Lipinski definition) is 0. The predicted molar refractivity (Wildman–Crippen MR) is 120 cm³/mol. The van der Waals surface area contributed by atoms with Gasteiger partial charge in [-0.05, 0) is 56.3 Å². The van der Waals surface area contributed by atoms with Crippen LogP contribution in [-0.4, -0.2) is 0 Å². The lowest BCUT2D eigenvalue weighted by atomic mass is 9.92. The molecule has 0 heterocycles. The van der Waals surface area contributed by atoms with Crippen molar-refractivity contribution in [3.63, 3.8) is 0 Å². The minimum absolute atomic E-state index is 1.24. The van der Waals surface area contributed by atoms with Crippen LogP contribution in [0.5, 0.6) is 0 Å². The second-order valence-corrected chi connectivity index (χ2v) is 7.05. The fourth-order valence-corrected chi connectivity index (χ4v) is 3.82. The van der Waals surface area contributed by atoms with Crippen LogP contribution in [0.2, 0.25) is 0 Å². The highest BCUT2D eigenvalue weighted by molar-refractivity contribution is 6.00. The number of benzene rings is 5. The quantitative estimate of drug-likeness (QED) is 0.309. The standard InChI is InChI=1S/C28H20/c1-3-9-21(10-4-1)22-15-17-23(18-16-22)26-19-25-13-7-8-14-27(25)28(20-26)24-11-5-2-6-12-24/h1-20H. The van der Waals surface area contributed by atoms with Crippen molar-refractivity contribution in [3.05, 3.63) is 121 Å². The molecule has 0 spiro atoms. The normalized spacial score (nSPS) is 10.9. The van der Waals surface area contributed by atoms with E-state index in [1.807, 2.05) is 0 Å². The molecule has 5 aromatic carbocycles. The Labute approximate surface area is 165 Å². The summed E-state index contributed by atoms with van der Waals surface area (Å²) in [6, 6.07) is 43.3. The van der Waals surface area contributed by atoms with E-state index in [9.17, 15) is 0 Å². The van der Waals surface area contributed by atoms with Gasteiger partial charge < -0.3 is 0 Å². The molecule has 0 aliphatic heterocycles. The summed E-state index contributed by atoms with van der Waals surface area (Å²) in [5.74, 6) is 0. The van der Waals surface area contributed by atoms with E-state index in [1.54, 1.807) is 0 Å². The van der Waals surface area contributed by atoms with Crippen molar-refractivity contribution >= 4 is 10.8 Å². The molecule has 0 unspecified atom stereocenters. The van der Waals surface area contributed by atoms with Crippen molar-refractivity contribution in [1.82, 2.24) is 0 Å². The van der Waals surface area contributed by atoms with Crippen LogP contribution in [0.4, 0.5) is 0 Å². The zero-order valence-corrected chi connectivity index (χ0v) is 15.5. The van der Waals surface area contributed by atoms with Gasteiger partial charge in [-0.2, -0.15) is 0 Å². The highest BCUT2D eigenvalue weighted by Gasteiger charge is 2.08. The first kappa shape index (κ1) is 16.5. The molecule has 0 nitrogen and oxygen atoms in total. The van der Waals surface area contributed by atoms with Gasteiger partial charge in [-0.1, -0.05) is 109 Å². The van der Waals surface area contributed by atoms with E-state index < -0.39 is 0 Å². The summed E-state index contributed by atoms with van der Waals surface area (Å²) in [6.45, 7) is 0. The van der Waals surface area contributed by atoms with Crippen LogP contribution < -0.4 is 0 Å². The largest absolute Gasteiger partial charge is 0.0622 e. The Hall–Kier alpha value is -3.64. The molecule has 132 valence electrons. The molecule has 0 fully saturated rings. The van der Waals surface area contributed by atoms with Crippen LogP contribution in [0, 0.1) is 0 Å². The fraction of sp³-hybridized carbons (Fsp3) is 0. The molecule has 5 aromatic rings. The van der Waals surface area contributed by atoms with E-state index >= 15 is 0 Å². The average molecular weight is 356 g/mol. The molecule has 0 saturated heterocycles. The van der Waals surface area contributed by atoms with E-state index in [4.69, 9.17) is 0 Å². The molecule has 0 amide bonds. The Morgan fingerprint density at radius 2 is 0.821 bits per heavy atom. The second-order valence-electron chi connectivity index (χ2n) is 7.05. The molecule has 5 rings (SSSR count). The Morgan fingerprint density at radius 1 is 0.321 bits per heavy atom. The van der Waals surface area contributed by atoms with Crippen LogP contribution in [0.1, 0.15) is 0 Å². The predicted octanol–water partition coefficient (Wildman–Crippen LogP) is 7.84. The van der Waals surface area contributed by atoms with Gasteiger partial charge in [0.25, 0.3) is 0 Å². The Bertz CT molecular complexity index is 1220. The maximum absolute atomic E-state index is 2.31. The summed E-state index contributed by atoms with van der Waals surface area (Å²) < 4.78 is 0. The van der Waals surface area contributed by atoms with E-state index in [2.05, 4.69) is 121 Å². The lowest BCUT2D eigenvalue weighted by Crippen LogP contribution is -1.86. The lowest BCUT2D eigenvalue weighted by molar-refractivity contribution is 1.59. The van der Waals surface area contributed by atoms with Crippen LogP contribution in [0.15, 0.2) is 121 Å². The van der Waals surface area contributed by atoms with Crippen molar-refractivity contribution < 1.29 is 0 Å². The molecule has 28 heavy (non-hydrogen) atoms. The lowest BCUT2D eigenvalue weighted by Gasteiger charge is -2.12. The molecule has 0 N–H and O–H groups in total. The molecular weight excluding hydrogens is 336 g/mol. The highest BCUT2D eigenvalue weighted by Crippen LogP contribution is 2.34. The molecule has 0 atom stereocenters. The second kappa shape index (κ2) is 7.17. The van der Waals surface area contributed by atoms with Crippen LogP contribution in [0.3, 0.4) is 0 Å². The van der Waals surface area contributed by atoms with Crippen molar-refractivity contribution in [2.75, 3.05) is 0 Å². The van der Waals surface area contributed by atoms with Gasteiger partial charge in [0.15, 0.2) is 0 Å². The first-order valence-corrected chi connectivity index (χ1v) is 9.62. The smallest absolute Gasteiger partial charge is 0.00992 e. The van der Waals surface area contributed by atoms with Crippen molar-refractivity contribution in [3.8, 4) is 33.4 Å². The van der Waals surface area contributed by atoms with Gasteiger partial charge in [0.1, 0.15) is 0 Å². The van der Waals surface area contributed by atoms with E-state index in [0.717, 1.165) is 0 Å². The van der Waals surface area contributed by atoms with E-state index in [-0.39, 0.29) is 0 Å². The molecule has 0 aromatic heterocycles. The third-order valence-electron chi connectivity index (χ3n) is 5.27. The molecule has 0 radical (unpaired) electrons. The van der Waals surface area contributed by atoms with Crippen molar-refractivity contribution in [2.45, 2.75) is 0 Å². The Balaban J connectivity index is 1.63. The zero-order chi connectivity index (χ0) is 18.8. The summed E-state index contributed by atoms with van der Waals surface area (Å²) in [5.41, 5.74) is 7.51. The molecule has 0 aliphatic carbocycles. The summed E-state index contributed by atoms with van der Waals surface area (Å²) >= 11 is 0. The van der Waals surface area contributed by atoms with Crippen LogP contribution in [-0.2, 0) is 0 Å². The number of fused-ring (bicyclic) bond motifs is 1. The minimum Gasteiger partial charge on any atom is -0.0622 e. The average Bonchev–Trinajstić information content (AvgIpc) is 2.79. The van der Waals surface area contributed by atoms with Gasteiger partial charge in [-0.3, -0.25) is 0 Å². The fourth-order valence-electron chi connectivity index (χ4n) is 3.82. The third-order valence-corrected chi connectivity index (χ3v) is 5.27. The molecular formula is C28H20. The first-order valence-electron chi connectivity index (χ1n) is 9.62. The summed E-state index contributed by atoms with van der Waals surface area (Å²) in [7, 11) is 0. The van der Waals surface area contributed by atoms with E-state index in [0.29, 0.717) is 0 Å². The van der Waals surface area contributed by atoms with Gasteiger partial charge in [-0.15, -0.1) is 0 Å². The first-order chi connectivity index (χ1) is 13.9. The summed E-state index contributed by atoms with van der Waals surface area (Å²) in [5, 5.41) is 2.56. The third kappa shape index (κ3) is 3.10. The number of rotatable bonds is 3. The van der Waals surface area contributed by atoms with Crippen molar-refractivity contribution in [1.29, 1.82) is 0 Å². The van der Waals surface area contributed by atoms with Gasteiger partial charge in [0.05, 0.1) is 0 Å². The van der Waals surface area contributed by atoms with Crippen molar-refractivity contribution in [2.24, 2.45) is 0 Å². The summed E-state index contributed by atoms with van der Waals surface area (Å²) in [6.07, 6.45) is 0. The maximum atomic E-state index is 2.31. The number of hydrogen-bond acceptors (Lipinski definition) is 0. The Kier molecular flexibility index (Phi) is 4.23.